The van der Waals surface area contributed by atoms with Gasteiger partial charge in [0.1, 0.15) is 0 Å². The lowest BCUT2D eigenvalue weighted by molar-refractivity contribution is 0.0735. The van der Waals surface area contributed by atoms with E-state index >= 15 is 0 Å². The first kappa shape index (κ1) is 18.4. The number of amides is 1. The molecule has 0 saturated carbocycles. The Morgan fingerprint density at radius 2 is 1.89 bits per heavy atom. The largest absolute Gasteiger partial charge is 0.332 e. The topological polar surface area (TPSA) is 41.4 Å². The van der Waals surface area contributed by atoms with Crippen molar-refractivity contribution in [2.24, 2.45) is 0 Å². The van der Waals surface area contributed by atoms with Crippen molar-refractivity contribution in [3.05, 3.63) is 83.7 Å². The van der Waals surface area contributed by atoms with Gasteiger partial charge in [-0.25, -0.2) is 4.68 Å². The first-order valence-electron chi connectivity index (χ1n) is 9.77. The summed E-state index contributed by atoms with van der Waals surface area (Å²) in [6.07, 6.45) is 5.63. The third-order valence-electron chi connectivity index (χ3n) is 5.26. The molecule has 1 unspecified atom stereocenters. The fourth-order valence-corrected chi connectivity index (χ4v) is 3.99. The molecule has 1 saturated heterocycles. The summed E-state index contributed by atoms with van der Waals surface area (Å²) in [5.41, 5.74) is 4.02. The van der Waals surface area contributed by atoms with Gasteiger partial charge in [-0.05, 0) is 56.3 Å². The molecule has 0 aliphatic carbocycles. The van der Waals surface area contributed by atoms with Gasteiger partial charge in [-0.2, -0.15) is 5.10 Å². The molecule has 5 heteroatoms. The number of rotatable bonds is 5. The second-order valence-corrected chi connectivity index (χ2v) is 7.60. The zero-order valence-corrected chi connectivity index (χ0v) is 16.5. The van der Waals surface area contributed by atoms with Crippen LogP contribution in [-0.4, -0.2) is 46.1 Å². The van der Waals surface area contributed by atoms with Crippen LogP contribution in [0.25, 0.3) is 5.69 Å². The van der Waals surface area contributed by atoms with Crippen molar-refractivity contribution in [3.63, 3.8) is 0 Å². The first-order valence-corrected chi connectivity index (χ1v) is 9.77. The average molecular weight is 374 g/mol. The van der Waals surface area contributed by atoms with E-state index in [1.54, 1.807) is 10.9 Å². The summed E-state index contributed by atoms with van der Waals surface area (Å²) in [6.45, 7) is 1.71. The molecule has 1 amide bonds. The highest BCUT2D eigenvalue weighted by Gasteiger charge is 2.31. The lowest BCUT2D eigenvalue weighted by atomic mass is 10.0. The van der Waals surface area contributed by atoms with Crippen molar-refractivity contribution in [2.75, 3.05) is 20.6 Å². The van der Waals surface area contributed by atoms with E-state index in [1.165, 1.54) is 11.1 Å². The first-order chi connectivity index (χ1) is 13.6. The van der Waals surface area contributed by atoms with Gasteiger partial charge in [-0.3, -0.25) is 4.79 Å². The molecule has 1 atom stereocenters. The molecule has 2 aromatic carbocycles. The zero-order chi connectivity index (χ0) is 19.5. The predicted octanol–water partition coefficient (Wildman–Crippen LogP) is 3.91. The molecule has 5 nitrogen and oxygen atoms in total. The molecule has 1 aliphatic heterocycles. The summed E-state index contributed by atoms with van der Waals surface area (Å²) in [5.74, 6) is 0.0750. The van der Waals surface area contributed by atoms with Gasteiger partial charge in [0.15, 0.2) is 0 Å². The van der Waals surface area contributed by atoms with Crippen LogP contribution in [0.1, 0.15) is 40.4 Å². The number of hydrogen-bond acceptors (Lipinski definition) is 3. The summed E-state index contributed by atoms with van der Waals surface area (Å²) < 4.78 is 1.76. The Balaban J connectivity index is 1.60. The molecule has 144 valence electrons. The van der Waals surface area contributed by atoms with Crippen LogP contribution >= 0.6 is 0 Å². The van der Waals surface area contributed by atoms with Gasteiger partial charge < -0.3 is 9.80 Å². The van der Waals surface area contributed by atoms with Crippen LogP contribution in [-0.2, 0) is 6.54 Å². The van der Waals surface area contributed by atoms with E-state index < -0.39 is 0 Å². The standard InChI is InChI=1S/C23H26N4O/c1-25(2)17-18-10-12-19(13-11-18)21-9-5-15-26(21)23(28)20-7-3-4-8-22(20)27-16-6-14-24-27/h3-4,6-8,10-14,16,21H,5,9,15,17H2,1-2H3. The summed E-state index contributed by atoms with van der Waals surface area (Å²) in [5, 5.41) is 4.31. The number of carbonyl (C=O) groups excluding carboxylic acids is 1. The predicted molar refractivity (Wildman–Crippen MR) is 110 cm³/mol. The van der Waals surface area contributed by atoms with E-state index in [-0.39, 0.29) is 11.9 Å². The van der Waals surface area contributed by atoms with E-state index in [0.29, 0.717) is 5.56 Å². The molecule has 1 aliphatic rings. The van der Waals surface area contributed by atoms with Crippen molar-refractivity contribution >= 4 is 5.91 Å². The minimum Gasteiger partial charge on any atom is -0.332 e. The van der Waals surface area contributed by atoms with Gasteiger partial charge in [-0.1, -0.05) is 36.4 Å². The highest BCUT2D eigenvalue weighted by Crippen LogP contribution is 2.34. The molecule has 0 radical (unpaired) electrons. The minimum atomic E-state index is 0.0750. The summed E-state index contributed by atoms with van der Waals surface area (Å²) >= 11 is 0. The van der Waals surface area contributed by atoms with E-state index in [1.807, 2.05) is 41.4 Å². The van der Waals surface area contributed by atoms with Crippen LogP contribution in [0, 0.1) is 0 Å². The SMILES string of the molecule is CN(C)Cc1ccc(C2CCCN2C(=O)c2ccccc2-n2cccn2)cc1. The number of carbonyl (C=O) groups is 1. The Labute approximate surface area is 166 Å². The van der Waals surface area contributed by atoms with Crippen LogP contribution in [0.15, 0.2) is 67.0 Å². The van der Waals surface area contributed by atoms with Crippen LogP contribution in [0.4, 0.5) is 0 Å². The number of aromatic nitrogens is 2. The maximum Gasteiger partial charge on any atom is 0.256 e. The highest BCUT2D eigenvalue weighted by molar-refractivity contribution is 5.98. The van der Waals surface area contributed by atoms with Crippen molar-refractivity contribution in [3.8, 4) is 5.69 Å². The second kappa shape index (κ2) is 7.98. The maximum absolute atomic E-state index is 13.4. The fraction of sp³-hybridized carbons (Fsp3) is 0.304. The zero-order valence-electron chi connectivity index (χ0n) is 16.5. The lowest BCUT2D eigenvalue weighted by Gasteiger charge is -2.26. The molecular formula is C23H26N4O. The molecule has 2 heterocycles. The molecule has 4 rings (SSSR count). The molecule has 0 bridgehead atoms. The van der Waals surface area contributed by atoms with E-state index in [4.69, 9.17) is 0 Å². The van der Waals surface area contributed by atoms with E-state index in [0.717, 1.165) is 31.6 Å². The van der Waals surface area contributed by atoms with Gasteiger partial charge in [0.25, 0.3) is 5.91 Å². The van der Waals surface area contributed by atoms with Crippen molar-refractivity contribution in [1.29, 1.82) is 0 Å². The van der Waals surface area contributed by atoms with Gasteiger partial charge >= 0.3 is 0 Å². The third-order valence-corrected chi connectivity index (χ3v) is 5.26. The normalized spacial score (nSPS) is 16.7. The Morgan fingerprint density at radius 3 is 2.61 bits per heavy atom. The minimum absolute atomic E-state index is 0.0750. The number of para-hydroxylation sites is 1. The van der Waals surface area contributed by atoms with Crippen LogP contribution < -0.4 is 0 Å². The lowest BCUT2D eigenvalue weighted by Crippen LogP contribution is -2.31. The third kappa shape index (κ3) is 3.71. The quantitative estimate of drug-likeness (QED) is 0.680. The van der Waals surface area contributed by atoms with Crippen molar-refractivity contribution in [2.45, 2.75) is 25.4 Å². The van der Waals surface area contributed by atoms with Crippen LogP contribution in [0.2, 0.25) is 0 Å². The van der Waals surface area contributed by atoms with Crippen LogP contribution in [0.5, 0.6) is 0 Å². The average Bonchev–Trinajstić information content (AvgIpc) is 3.40. The monoisotopic (exact) mass is 374 g/mol. The molecule has 3 aromatic rings. The summed E-state index contributed by atoms with van der Waals surface area (Å²) in [7, 11) is 4.14. The Morgan fingerprint density at radius 1 is 1.11 bits per heavy atom. The molecule has 0 spiro atoms. The summed E-state index contributed by atoms with van der Waals surface area (Å²) in [4.78, 5) is 17.6. The van der Waals surface area contributed by atoms with Crippen molar-refractivity contribution < 1.29 is 4.79 Å². The molecule has 1 fully saturated rings. The maximum atomic E-state index is 13.4. The summed E-state index contributed by atoms with van der Waals surface area (Å²) in [6, 6.07) is 18.4. The smallest absolute Gasteiger partial charge is 0.256 e. The number of benzene rings is 2. The molecule has 1 aromatic heterocycles. The molecule has 0 N–H and O–H groups in total. The van der Waals surface area contributed by atoms with E-state index in [2.05, 4.69) is 48.4 Å². The number of hydrogen-bond donors (Lipinski definition) is 0. The van der Waals surface area contributed by atoms with Crippen molar-refractivity contribution in [1.82, 2.24) is 19.6 Å². The number of nitrogens with zero attached hydrogens (tertiary/aromatic N) is 4. The van der Waals surface area contributed by atoms with Gasteiger partial charge in [0, 0.05) is 25.5 Å². The van der Waals surface area contributed by atoms with Gasteiger partial charge in [-0.15, -0.1) is 0 Å². The van der Waals surface area contributed by atoms with Crippen LogP contribution in [0.3, 0.4) is 0 Å². The Hall–Kier alpha value is -2.92. The highest BCUT2D eigenvalue weighted by atomic mass is 16.2. The second-order valence-electron chi connectivity index (χ2n) is 7.60. The van der Waals surface area contributed by atoms with Gasteiger partial charge in [0.05, 0.1) is 17.3 Å². The molecular weight excluding hydrogens is 348 g/mol. The Kier molecular flexibility index (Phi) is 5.26. The van der Waals surface area contributed by atoms with E-state index in [9.17, 15) is 4.79 Å². The number of likely N-dealkylation sites (tertiary alicyclic amines) is 1. The molecule has 28 heavy (non-hydrogen) atoms. The fourth-order valence-electron chi connectivity index (χ4n) is 3.99. The Bertz CT molecular complexity index is 932. The van der Waals surface area contributed by atoms with Gasteiger partial charge in [0.2, 0.25) is 0 Å².